The van der Waals surface area contributed by atoms with E-state index in [0.29, 0.717) is 5.75 Å². The highest BCUT2D eigenvalue weighted by Crippen LogP contribution is 2.41. The van der Waals surface area contributed by atoms with Crippen LogP contribution in [-0.4, -0.2) is 10.1 Å². The van der Waals surface area contributed by atoms with E-state index in [0.717, 1.165) is 22.4 Å². The Morgan fingerprint density at radius 2 is 1.65 bits per heavy atom. The van der Waals surface area contributed by atoms with Gasteiger partial charge < -0.3 is 5.11 Å². The molecule has 1 heterocycles. The number of aromatic nitrogens is 1. The Balaban J connectivity index is 2.26. The van der Waals surface area contributed by atoms with E-state index in [1.807, 2.05) is 54.6 Å². The van der Waals surface area contributed by atoms with Gasteiger partial charge in [-0.15, -0.1) is 0 Å². The predicted molar refractivity (Wildman–Crippen MR) is 68.0 cm³/mol. The normalized spacial score (nSPS) is 10.6. The van der Waals surface area contributed by atoms with Gasteiger partial charge in [-0.1, -0.05) is 36.4 Å². The first-order chi connectivity index (χ1) is 8.36. The number of aromatic hydroxyl groups is 1. The van der Waals surface area contributed by atoms with Crippen molar-refractivity contribution in [2.75, 3.05) is 0 Å². The van der Waals surface area contributed by atoms with Crippen LogP contribution in [0.4, 0.5) is 0 Å². The number of nitrogens with zero attached hydrogens (tertiary/aromatic N) is 1. The number of rotatable bonds is 1. The molecular formula is C15H11NO. The monoisotopic (exact) mass is 221 g/mol. The van der Waals surface area contributed by atoms with Gasteiger partial charge in [-0.05, 0) is 23.8 Å². The van der Waals surface area contributed by atoms with Crippen LogP contribution < -0.4 is 0 Å². The molecule has 0 amide bonds. The number of hydrogen-bond donors (Lipinski definition) is 1. The van der Waals surface area contributed by atoms with E-state index in [-0.39, 0.29) is 0 Å². The molecule has 2 aliphatic rings. The fourth-order valence-corrected chi connectivity index (χ4v) is 1.99. The Morgan fingerprint density at radius 1 is 0.824 bits per heavy atom. The van der Waals surface area contributed by atoms with Crippen LogP contribution in [0.1, 0.15) is 0 Å². The highest BCUT2D eigenvalue weighted by molar-refractivity contribution is 5.86. The van der Waals surface area contributed by atoms with E-state index in [1.165, 1.54) is 0 Å². The van der Waals surface area contributed by atoms with E-state index in [1.54, 1.807) is 6.20 Å². The minimum Gasteiger partial charge on any atom is -0.507 e. The third kappa shape index (κ3) is 1.64. The van der Waals surface area contributed by atoms with Crippen molar-refractivity contribution < 1.29 is 5.11 Å². The van der Waals surface area contributed by atoms with E-state index < -0.39 is 0 Å². The standard InChI is InChI=1S/C15H11NO/c17-15-12-7-3-1-2-6-11(12)10-13(15)14-8-4-5-9-16-14/h1-10,17H. The molecule has 0 saturated carbocycles. The molecule has 3 rings (SSSR count). The molecule has 0 bridgehead atoms. The van der Waals surface area contributed by atoms with Gasteiger partial charge in [-0.25, -0.2) is 0 Å². The summed E-state index contributed by atoms with van der Waals surface area (Å²) in [5, 5.41) is 10.2. The second kappa shape index (κ2) is 3.91. The van der Waals surface area contributed by atoms with E-state index >= 15 is 0 Å². The summed E-state index contributed by atoms with van der Waals surface area (Å²) in [7, 11) is 0. The van der Waals surface area contributed by atoms with Crippen LogP contribution in [0.25, 0.3) is 22.4 Å². The van der Waals surface area contributed by atoms with Gasteiger partial charge in [0.15, 0.2) is 0 Å². The van der Waals surface area contributed by atoms with Crippen molar-refractivity contribution in [3.63, 3.8) is 0 Å². The number of hydrogen-bond acceptors (Lipinski definition) is 2. The van der Waals surface area contributed by atoms with Crippen molar-refractivity contribution >= 4 is 0 Å². The van der Waals surface area contributed by atoms with E-state index in [9.17, 15) is 5.11 Å². The summed E-state index contributed by atoms with van der Waals surface area (Å²) in [5.74, 6) is 0.301. The summed E-state index contributed by atoms with van der Waals surface area (Å²) < 4.78 is 0. The lowest BCUT2D eigenvalue weighted by atomic mass is 10.2. The highest BCUT2D eigenvalue weighted by Gasteiger charge is 2.15. The van der Waals surface area contributed by atoms with Crippen molar-refractivity contribution in [1.29, 1.82) is 0 Å². The van der Waals surface area contributed by atoms with Crippen molar-refractivity contribution in [2.24, 2.45) is 0 Å². The molecule has 1 aromatic rings. The predicted octanol–water partition coefficient (Wildman–Crippen LogP) is 3.56. The molecule has 0 atom stereocenters. The fourth-order valence-electron chi connectivity index (χ4n) is 1.99. The summed E-state index contributed by atoms with van der Waals surface area (Å²) in [6, 6.07) is 17.4. The first-order valence-electron chi connectivity index (χ1n) is 5.48. The summed E-state index contributed by atoms with van der Waals surface area (Å²) >= 11 is 0. The molecule has 0 radical (unpaired) electrons. The summed E-state index contributed by atoms with van der Waals surface area (Å²) in [6.07, 6.45) is 1.73. The molecule has 0 fully saturated rings. The molecule has 17 heavy (non-hydrogen) atoms. The summed E-state index contributed by atoms with van der Waals surface area (Å²) in [6.45, 7) is 0. The molecule has 0 spiro atoms. The molecule has 2 nitrogen and oxygen atoms in total. The third-order valence-electron chi connectivity index (χ3n) is 2.82. The van der Waals surface area contributed by atoms with E-state index in [4.69, 9.17) is 0 Å². The lowest BCUT2D eigenvalue weighted by Gasteiger charge is -1.97. The van der Waals surface area contributed by atoms with Crippen LogP contribution in [0.15, 0.2) is 60.8 Å². The molecule has 2 aliphatic carbocycles. The first kappa shape index (κ1) is 9.85. The molecule has 0 aliphatic heterocycles. The molecule has 0 unspecified atom stereocenters. The molecule has 2 heteroatoms. The van der Waals surface area contributed by atoms with Crippen molar-refractivity contribution in [1.82, 2.24) is 4.98 Å². The zero-order chi connectivity index (χ0) is 11.7. The average molecular weight is 221 g/mol. The SMILES string of the molecule is Oc1c2cccccc-2cc1-c1ccccn1. The second-order valence-electron chi connectivity index (χ2n) is 3.90. The van der Waals surface area contributed by atoms with Crippen molar-refractivity contribution in [3.05, 3.63) is 60.8 Å². The van der Waals surface area contributed by atoms with Gasteiger partial charge in [0, 0.05) is 17.3 Å². The minimum atomic E-state index is 0.301. The first-order valence-corrected chi connectivity index (χ1v) is 5.48. The molecule has 0 aromatic carbocycles. The Morgan fingerprint density at radius 3 is 2.47 bits per heavy atom. The second-order valence-corrected chi connectivity index (χ2v) is 3.90. The maximum atomic E-state index is 10.2. The lowest BCUT2D eigenvalue weighted by Crippen LogP contribution is -1.78. The van der Waals surface area contributed by atoms with Crippen molar-refractivity contribution in [2.45, 2.75) is 0 Å². The molecule has 1 N–H and O–H groups in total. The van der Waals surface area contributed by atoms with Crippen LogP contribution in [0.5, 0.6) is 5.75 Å². The van der Waals surface area contributed by atoms with Gasteiger partial charge in [-0.3, -0.25) is 4.98 Å². The van der Waals surface area contributed by atoms with Gasteiger partial charge in [-0.2, -0.15) is 0 Å². The number of fused-ring (bicyclic) bond motifs is 1. The number of pyridine rings is 1. The Labute approximate surface area is 99.5 Å². The maximum absolute atomic E-state index is 10.2. The molecular weight excluding hydrogens is 210 g/mol. The average Bonchev–Trinajstić information content (AvgIpc) is 2.56. The van der Waals surface area contributed by atoms with Crippen LogP contribution in [0.2, 0.25) is 0 Å². The Bertz CT molecular complexity index is 619. The smallest absolute Gasteiger partial charge is 0.132 e. The third-order valence-corrected chi connectivity index (χ3v) is 2.82. The van der Waals surface area contributed by atoms with Crippen LogP contribution in [-0.2, 0) is 0 Å². The lowest BCUT2D eigenvalue weighted by molar-refractivity contribution is 0.481. The topological polar surface area (TPSA) is 33.1 Å². The van der Waals surface area contributed by atoms with Gasteiger partial charge in [0.1, 0.15) is 5.75 Å². The largest absolute Gasteiger partial charge is 0.507 e. The summed E-state index contributed by atoms with van der Waals surface area (Å²) in [5.41, 5.74) is 3.46. The Kier molecular flexibility index (Phi) is 2.26. The molecule has 0 saturated heterocycles. The van der Waals surface area contributed by atoms with Gasteiger partial charge in [0.2, 0.25) is 0 Å². The quantitative estimate of drug-likeness (QED) is 0.681. The molecule has 82 valence electrons. The summed E-state index contributed by atoms with van der Waals surface area (Å²) in [4.78, 5) is 4.26. The molecule has 1 aromatic heterocycles. The van der Waals surface area contributed by atoms with Gasteiger partial charge in [0.05, 0.1) is 5.69 Å². The van der Waals surface area contributed by atoms with Gasteiger partial charge >= 0.3 is 0 Å². The minimum absolute atomic E-state index is 0.301. The zero-order valence-corrected chi connectivity index (χ0v) is 9.17. The van der Waals surface area contributed by atoms with Crippen molar-refractivity contribution in [3.8, 4) is 28.1 Å². The van der Waals surface area contributed by atoms with E-state index in [2.05, 4.69) is 4.98 Å². The van der Waals surface area contributed by atoms with Crippen LogP contribution in [0.3, 0.4) is 0 Å². The fraction of sp³-hybridized carbons (Fsp3) is 0. The van der Waals surface area contributed by atoms with Gasteiger partial charge in [0.25, 0.3) is 0 Å². The highest BCUT2D eigenvalue weighted by atomic mass is 16.3. The van der Waals surface area contributed by atoms with Crippen LogP contribution in [0, 0.1) is 0 Å². The maximum Gasteiger partial charge on any atom is 0.132 e. The van der Waals surface area contributed by atoms with Crippen LogP contribution >= 0.6 is 0 Å². The Hall–Kier alpha value is -2.35. The zero-order valence-electron chi connectivity index (χ0n) is 9.17.